The van der Waals surface area contributed by atoms with Crippen molar-refractivity contribution < 1.29 is 14.6 Å². The fourth-order valence-electron chi connectivity index (χ4n) is 1.64. The highest BCUT2D eigenvalue weighted by atomic mass is 16.5. The SMILES string of the molecule is COC(=O)CC1=Nc2ccccc2C1=C[O-]. The van der Waals surface area contributed by atoms with Gasteiger partial charge in [0, 0.05) is 5.56 Å². The van der Waals surface area contributed by atoms with Crippen LogP contribution in [0.15, 0.2) is 35.5 Å². The third kappa shape index (κ3) is 1.69. The van der Waals surface area contributed by atoms with E-state index < -0.39 is 5.97 Å². The van der Waals surface area contributed by atoms with Crippen molar-refractivity contribution in [1.82, 2.24) is 0 Å². The quantitative estimate of drug-likeness (QED) is 0.548. The molecule has 2 rings (SSSR count). The van der Waals surface area contributed by atoms with Crippen molar-refractivity contribution in [1.29, 1.82) is 0 Å². The zero-order chi connectivity index (χ0) is 11.5. The number of nitrogens with zero attached hydrogens (tertiary/aromatic N) is 1. The summed E-state index contributed by atoms with van der Waals surface area (Å²) in [7, 11) is 1.31. The largest absolute Gasteiger partial charge is 0.877 e. The molecule has 1 aromatic carbocycles. The van der Waals surface area contributed by atoms with Crippen LogP contribution in [0.2, 0.25) is 0 Å². The molecule has 0 radical (unpaired) electrons. The second-order valence-electron chi connectivity index (χ2n) is 3.36. The number of ether oxygens (including phenoxy) is 1. The van der Waals surface area contributed by atoms with Gasteiger partial charge in [-0.15, -0.1) is 6.26 Å². The van der Waals surface area contributed by atoms with Crippen molar-refractivity contribution in [2.24, 2.45) is 4.99 Å². The van der Waals surface area contributed by atoms with E-state index in [4.69, 9.17) is 0 Å². The Balaban J connectivity index is 2.34. The molecule has 0 saturated carbocycles. The average Bonchev–Trinajstić information content (AvgIpc) is 2.65. The summed E-state index contributed by atoms with van der Waals surface area (Å²) in [6.45, 7) is 0. The lowest BCUT2D eigenvalue weighted by molar-refractivity contribution is -0.273. The number of para-hydroxylation sites is 1. The van der Waals surface area contributed by atoms with E-state index in [2.05, 4.69) is 9.73 Å². The highest BCUT2D eigenvalue weighted by Gasteiger charge is 2.20. The number of aliphatic imine (C=N–C) groups is 1. The third-order valence-corrected chi connectivity index (χ3v) is 2.42. The number of carbonyl (C=O) groups excluding carboxylic acids is 1. The Bertz CT molecular complexity index is 489. The molecule has 0 aromatic heterocycles. The number of benzene rings is 1. The number of fused-ring (bicyclic) bond motifs is 1. The van der Waals surface area contributed by atoms with E-state index >= 15 is 0 Å². The van der Waals surface area contributed by atoms with Crippen LogP contribution in [-0.2, 0) is 9.53 Å². The molecule has 4 heteroatoms. The fraction of sp³-hybridized carbons (Fsp3) is 0.167. The maximum absolute atomic E-state index is 11.1. The summed E-state index contributed by atoms with van der Waals surface area (Å²) >= 11 is 0. The number of hydrogen-bond donors (Lipinski definition) is 0. The molecular formula is C12H10NO3-. The summed E-state index contributed by atoms with van der Waals surface area (Å²) in [4.78, 5) is 15.4. The first-order chi connectivity index (χ1) is 7.76. The van der Waals surface area contributed by atoms with Gasteiger partial charge in [-0.3, -0.25) is 9.79 Å². The molecule has 0 fully saturated rings. The van der Waals surface area contributed by atoms with Crippen LogP contribution < -0.4 is 5.11 Å². The maximum Gasteiger partial charge on any atom is 0.311 e. The maximum atomic E-state index is 11.1. The number of rotatable bonds is 2. The lowest BCUT2D eigenvalue weighted by Crippen LogP contribution is -2.10. The van der Waals surface area contributed by atoms with Crippen LogP contribution in [0.25, 0.3) is 5.57 Å². The lowest BCUT2D eigenvalue weighted by Gasteiger charge is -2.06. The van der Waals surface area contributed by atoms with Gasteiger partial charge in [-0.1, -0.05) is 18.2 Å². The molecule has 0 atom stereocenters. The molecule has 1 aliphatic heterocycles. The van der Waals surface area contributed by atoms with Crippen LogP contribution in [0.3, 0.4) is 0 Å². The molecule has 4 nitrogen and oxygen atoms in total. The van der Waals surface area contributed by atoms with Crippen LogP contribution in [0, 0.1) is 0 Å². The first kappa shape index (κ1) is 10.4. The van der Waals surface area contributed by atoms with Crippen LogP contribution in [-0.4, -0.2) is 18.8 Å². The summed E-state index contributed by atoms with van der Waals surface area (Å²) in [5.41, 5.74) is 2.45. The molecule has 1 aliphatic rings. The Hall–Kier alpha value is -2.10. The smallest absolute Gasteiger partial charge is 0.311 e. The standard InChI is InChI=1S/C12H11NO3/c1-16-12(15)6-11-9(7-14)8-4-2-3-5-10(8)13-11/h2-5,7,14H,6H2,1H3/p-1. The lowest BCUT2D eigenvalue weighted by atomic mass is 10.0. The number of allylic oxidation sites excluding steroid dienone is 1. The van der Waals surface area contributed by atoms with E-state index in [9.17, 15) is 9.90 Å². The summed E-state index contributed by atoms with van der Waals surface area (Å²) in [5, 5.41) is 11.0. The molecule has 82 valence electrons. The van der Waals surface area contributed by atoms with E-state index in [1.807, 2.05) is 24.3 Å². The monoisotopic (exact) mass is 216 g/mol. The summed E-state index contributed by atoms with van der Waals surface area (Å²) < 4.78 is 4.55. The molecule has 0 spiro atoms. The predicted molar refractivity (Wildman–Crippen MR) is 58.1 cm³/mol. The van der Waals surface area contributed by atoms with E-state index in [0.29, 0.717) is 11.3 Å². The van der Waals surface area contributed by atoms with Crippen molar-refractivity contribution in [2.45, 2.75) is 6.42 Å². The molecule has 1 heterocycles. The van der Waals surface area contributed by atoms with Crippen LogP contribution >= 0.6 is 0 Å². The van der Waals surface area contributed by atoms with E-state index in [1.165, 1.54) is 7.11 Å². The second kappa shape index (κ2) is 4.18. The minimum absolute atomic E-state index is 0.0270. The summed E-state index contributed by atoms with van der Waals surface area (Å²) in [6, 6.07) is 7.29. The van der Waals surface area contributed by atoms with Crippen molar-refractivity contribution in [2.75, 3.05) is 7.11 Å². The average molecular weight is 216 g/mol. The van der Waals surface area contributed by atoms with E-state index in [1.54, 1.807) is 0 Å². The molecule has 0 saturated heterocycles. The summed E-state index contributed by atoms with van der Waals surface area (Å²) in [6.07, 6.45) is 0.757. The van der Waals surface area contributed by atoms with Gasteiger partial charge >= 0.3 is 5.97 Å². The minimum Gasteiger partial charge on any atom is -0.877 e. The van der Waals surface area contributed by atoms with Crippen molar-refractivity contribution in [3.8, 4) is 0 Å². The van der Waals surface area contributed by atoms with E-state index in [-0.39, 0.29) is 6.42 Å². The van der Waals surface area contributed by atoms with Gasteiger partial charge in [0.05, 0.1) is 24.9 Å². The van der Waals surface area contributed by atoms with Gasteiger partial charge < -0.3 is 9.84 Å². The Morgan fingerprint density at radius 2 is 2.25 bits per heavy atom. The number of carbonyl (C=O) groups is 1. The van der Waals surface area contributed by atoms with Crippen molar-refractivity contribution >= 4 is 22.9 Å². The molecule has 0 amide bonds. The van der Waals surface area contributed by atoms with Gasteiger partial charge in [0.25, 0.3) is 0 Å². The van der Waals surface area contributed by atoms with Crippen LogP contribution in [0.5, 0.6) is 0 Å². The molecular weight excluding hydrogens is 206 g/mol. The molecule has 0 aliphatic carbocycles. The molecule has 0 unspecified atom stereocenters. The van der Waals surface area contributed by atoms with Crippen molar-refractivity contribution in [3.05, 3.63) is 36.1 Å². The minimum atomic E-state index is -0.397. The van der Waals surface area contributed by atoms with Gasteiger partial charge in [-0.25, -0.2) is 0 Å². The Labute approximate surface area is 92.9 Å². The highest BCUT2D eigenvalue weighted by Crippen LogP contribution is 2.34. The predicted octanol–water partition coefficient (Wildman–Crippen LogP) is 1.04. The van der Waals surface area contributed by atoms with Gasteiger partial charge in [0.1, 0.15) is 0 Å². The van der Waals surface area contributed by atoms with E-state index in [0.717, 1.165) is 17.5 Å². The van der Waals surface area contributed by atoms with Gasteiger partial charge in [0.15, 0.2) is 0 Å². The zero-order valence-electron chi connectivity index (χ0n) is 8.77. The normalized spacial score (nSPS) is 15.8. The van der Waals surface area contributed by atoms with Crippen molar-refractivity contribution in [3.63, 3.8) is 0 Å². The molecule has 0 bridgehead atoms. The third-order valence-electron chi connectivity index (χ3n) is 2.42. The second-order valence-corrected chi connectivity index (χ2v) is 3.36. The topological polar surface area (TPSA) is 61.7 Å². The Kier molecular flexibility index (Phi) is 2.72. The molecule has 16 heavy (non-hydrogen) atoms. The first-order valence-electron chi connectivity index (χ1n) is 4.82. The van der Waals surface area contributed by atoms with Crippen LogP contribution in [0.4, 0.5) is 5.69 Å². The van der Waals surface area contributed by atoms with Gasteiger partial charge in [-0.05, 0) is 11.6 Å². The Morgan fingerprint density at radius 3 is 2.94 bits per heavy atom. The Morgan fingerprint density at radius 1 is 1.50 bits per heavy atom. The number of esters is 1. The molecule has 1 aromatic rings. The van der Waals surface area contributed by atoms with Gasteiger partial charge in [-0.2, -0.15) is 0 Å². The fourth-order valence-corrected chi connectivity index (χ4v) is 1.64. The summed E-state index contributed by atoms with van der Waals surface area (Å²) in [5.74, 6) is -0.397. The number of methoxy groups -OCH3 is 1. The zero-order valence-corrected chi connectivity index (χ0v) is 8.77. The highest BCUT2D eigenvalue weighted by molar-refractivity contribution is 6.31. The number of hydrogen-bond acceptors (Lipinski definition) is 4. The van der Waals surface area contributed by atoms with Crippen LogP contribution in [0.1, 0.15) is 12.0 Å². The van der Waals surface area contributed by atoms with Gasteiger partial charge in [0.2, 0.25) is 0 Å². The first-order valence-corrected chi connectivity index (χ1v) is 4.82. The molecule has 0 N–H and O–H groups in total.